The number of pyridine rings is 1. The molecule has 0 amide bonds. The van der Waals surface area contributed by atoms with Crippen molar-refractivity contribution in [2.75, 3.05) is 11.9 Å². The van der Waals surface area contributed by atoms with Crippen molar-refractivity contribution >= 4 is 11.7 Å². The Balaban J connectivity index is 2.71. The lowest BCUT2D eigenvalue weighted by Gasteiger charge is -2.00. The molecule has 0 aliphatic heterocycles. The molecule has 4 heteroatoms. The van der Waals surface area contributed by atoms with Gasteiger partial charge in [-0.15, -0.1) is 6.42 Å². The standard InChI is InChI=1S/C9H8N2O2/c1-2-5-10-7-3-4-8(9(12)13)11-6-7/h1,3-4,6,10H,5H2,(H,12,13). The lowest BCUT2D eigenvalue weighted by atomic mass is 10.3. The Labute approximate surface area is 75.6 Å². The van der Waals surface area contributed by atoms with E-state index in [9.17, 15) is 4.79 Å². The first-order valence-electron chi connectivity index (χ1n) is 3.60. The van der Waals surface area contributed by atoms with Crippen molar-refractivity contribution in [3.8, 4) is 12.3 Å². The summed E-state index contributed by atoms with van der Waals surface area (Å²) in [5.41, 5.74) is 0.731. The summed E-state index contributed by atoms with van der Waals surface area (Å²) in [6, 6.07) is 3.04. The lowest BCUT2D eigenvalue weighted by molar-refractivity contribution is 0.0690. The molecule has 1 aromatic rings. The van der Waals surface area contributed by atoms with Gasteiger partial charge < -0.3 is 10.4 Å². The highest BCUT2D eigenvalue weighted by molar-refractivity contribution is 5.85. The third-order valence-corrected chi connectivity index (χ3v) is 1.38. The van der Waals surface area contributed by atoms with Crippen molar-refractivity contribution in [1.29, 1.82) is 0 Å². The van der Waals surface area contributed by atoms with E-state index in [1.165, 1.54) is 12.3 Å². The minimum Gasteiger partial charge on any atom is -0.477 e. The van der Waals surface area contributed by atoms with Crippen molar-refractivity contribution in [3.63, 3.8) is 0 Å². The molecule has 0 unspecified atom stereocenters. The van der Waals surface area contributed by atoms with Crippen LogP contribution in [0.4, 0.5) is 5.69 Å². The quantitative estimate of drug-likeness (QED) is 0.669. The Morgan fingerprint density at radius 3 is 2.92 bits per heavy atom. The van der Waals surface area contributed by atoms with E-state index in [0.29, 0.717) is 12.2 Å². The summed E-state index contributed by atoms with van der Waals surface area (Å²) >= 11 is 0. The molecule has 0 saturated heterocycles. The molecule has 2 N–H and O–H groups in total. The summed E-state index contributed by atoms with van der Waals surface area (Å²) in [4.78, 5) is 14.1. The van der Waals surface area contributed by atoms with Crippen LogP contribution < -0.4 is 5.32 Å². The Morgan fingerprint density at radius 1 is 1.69 bits per heavy atom. The number of rotatable bonds is 3. The number of hydrogen-bond acceptors (Lipinski definition) is 3. The van der Waals surface area contributed by atoms with Crippen molar-refractivity contribution in [2.45, 2.75) is 0 Å². The van der Waals surface area contributed by atoms with Crippen LogP contribution in [-0.4, -0.2) is 22.6 Å². The predicted octanol–water partition coefficient (Wildman–Crippen LogP) is 0.825. The maximum atomic E-state index is 10.4. The summed E-state index contributed by atoms with van der Waals surface area (Å²) in [5, 5.41) is 11.4. The summed E-state index contributed by atoms with van der Waals surface area (Å²) in [5.74, 6) is 1.36. The van der Waals surface area contributed by atoms with Crippen LogP contribution in [0.3, 0.4) is 0 Å². The van der Waals surface area contributed by atoms with E-state index in [1.807, 2.05) is 0 Å². The van der Waals surface area contributed by atoms with Crippen LogP contribution in [-0.2, 0) is 0 Å². The van der Waals surface area contributed by atoms with E-state index in [1.54, 1.807) is 6.07 Å². The monoisotopic (exact) mass is 176 g/mol. The number of hydrogen-bond donors (Lipinski definition) is 2. The fourth-order valence-corrected chi connectivity index (χ4v) is 0.778. The topological polar surface area (TPSA) is 62.2 Å². The molecule has 1 rings (SSSR count). The summed E-state index contributed by atoms with van der Waals surface area (Å²) in [7, 11) is 0. The molecule has 4 nitrogen and oxygen atoms in total. The normalized spacial score (nSPS) is 8.85. The number of carboxylic acids is 1. The molecule has 0 radical (unpaired) electrons. The smallest absolute Gasteiger partial charge is 0.354 e. The van der Waals surface area contributed by atoms with Crippen molar-refractivity contribution in [2.24, 2.45) is 0 Å². The molecule has 0 spiro atoms. The van der Waals surface area contributed by atoms with Gasteiger partial charge in [-0.25, -0.2) is 9.78 Å². The number of terminal acetylenes is 1. The van der Waals surface area contributed by atoms with Crippen LogP contribution in [0.2, 0.25) is 0 Å². The second-order valence-electron chi connectivity index (χ2n) is 2.29. The summed E-state index contributed by atoms with van der Waals surface area (Å²) in [6.07, 6.45) is 6.46. The number of anilines is 1. The van der Waals surface area contributed by atoms with Crippen LogP contribution in [0.15, 0.2) is 18.3 Å². The van der Waals surface area contributed by atoms with E-state index in [-0.39, 0.29) is 5.69 Å². The number of aromatic carboxylic acids is 1. The first kappa shape index (κ1) is 9.07. The fourth-order valence-electron chi connectivity index (χ4n) is 0.778. The summed E-state index contributed by atoms with van der Waals surface area (Å²) in [6.45, 7) is 0.397. The minimum absolute atomic E-state index is 0.0197. The van der Waals surface area contributed by atoms with Crippen molar-refractivity contribution in [3.05, 3.63) is 24.0 Å². The zero-order chi connectivity index (χ0) is 9.68. The highest BCUT2D eigenvalue weighted by Gasteiger charge is 2.02. The molecule has 0 aromatic carbocycles. The predicted molar refractivity (Wildman–Crippen MR) is 48.5 cm³/mol. The SMILES string of the molecule is C#CCNc1ccc(C(=O)O)nc1. The maximum Gasteiger partial charge on any atom is 0.354 e. The molecule has 1 aromatic heterocycles. The Morgan fingerprint density at radius 2 is 2.46 bits per heavy atom. The largest absolute Gasteiger partial charge is 0.477 e. The Hall–Kier alpha value is -2.02. The van der Waals surface area contributed by atoms with Gasteiger partial charge >= 0.3 is 5.97 Å². The third kappa shape index (κ3) is 2.49. The third-order valence-electron chi connectivity index (χ3n) is 1.38. The number of carboxylic acid groups (broad SMARTS) is 1. The van der Waals surface area contributed by atoms with Gasteiger partial charge in [0.15, 0.2) is 0 Å². The fraction of sp³-hybridized carbons (Fsp3) is 0.111. The molecular formula is C9H8N2O2. The van der Waals surface area contributed by atoms with E-state index >= 15 is 0 Å². The van der Waals surface area contributed by atoms with Gasteiger partial charge in [0.25, 0.3) is 0 Å². The van der Waals surface area contributed by atoms with Crippen LogP contribution in [0.5, 0.6) is 0 Å². The molecule has 0 saturated carbocycles. The second-order valence-corrected chi connectivity index (χ2v) is 2.29. The minimum atomic E-state index is -1.04. The number of nitrogens with zero attached hydrogens (tertiary/aromatic N) is 1. The molecular weight excluding hydrogens is 168 g/mol. The molecule has 0 bridgehead atoms. The Bertz CT molecular complexity index is 338. The first-order chi connectivity index (χ1) is 6.24. The number of nitrogens with one attached hydrogen (secondary N) is 1. The molecule has 0 atom stereocenters. The zero-order valence-corrected chi connectivity index (χ0v) is 6.82. The highest BCUT2D eigenvalue weighted by atomic mass is 16.4. The van der Waals surface area contributed by atoms with Crippen LogP contribution >= 0.6 is 0 Å². The van der Waals surface area contributed by atoms with Gasteiger partial charge in [-0.2, -0.15) is 0 Å². The van der Waals surface area contributed by atoms with Gasteiger partial charge in [0, 0.05) is 0 Å². The van der Waals surface area contributed by atoms with Gasteiger partial charge in [-0.3, -0.25) is 0 Å². The van der Waals surface area contributed by atoms with Crippen LogP contribution in [0.25, 0.3) is 0 Å². The van der Waals surface area contributed by atoms with Crippen molar-refractivity contribution < 1.29 is 9.90 Å². The second kappa shape index (κ2) is 4.12. The molecule has 13 heavy (non-hydrogen) atoms. The number of aromatic nitrogens is 1. The molecule has 1 heterocycles. The van der Waals surface area contributed by atoms with Gasteiger partial charge in [-0.1, -0.05) is 5.92 Å². The molecule has 0 aliphatic carbocycles. The first-order valence-corrected chi connectivity index (χ1v) is 3.60. The van der Waals surface area contributed by atoms with Gasteiger partial charge in [-0.05, 0) is 12.1 Å². The van der Waals surface area contributed by atoms with E-state index in [4.69, 9.17) is 11.5 Å². The van der Waals surface area contributed by atoms with Crippen LogP contribution in [0.1, 0.15) is 10.5 Å². The number of carbonyl (C=O) groups is 1. The molecule has 0 aliphatic rings. The maximum absolute atomic E-state index is 10.4. The average molecular weight is 176 g/mol. The lowest BCUT2D eigenvalue weighted by Crippen LogP contribution is -2.02. The van der Waals surface area contributed by atoms with Gasteiger partial charge in [0.2, 0.25) is 0 Å². The Kier molecular flexibility index (Phi) is 2.87. The van der Waals surface area contributed by atoms with E-state index in [2.05, 4.69) is 16.2 Å². The van der Waals surface area contributed by atoms with Crippen LogP contribution in [0, 0.1) is 12.3 Å². The average Bonchev–Trinajstić information content (AvgIpc) is 2.15. The van der Waals surface area contributed by atoms with Crippen molar-refractivity contribution in [1.82, 2.24) is 4.98 Å². The van der Waals surface area contributed by atoms with E-state index in [0.717, 1.165) is 0 Å². The summed E-state index contributed by atoms with van der Waals surface area (Å²) < 4.78 is 0. The molecule has 66 valence electrons. The van der Waals surface area contributed by atoms with Gasteiger partial charge in [0.05, 0.1) is 18.4 Å². The highest BCUT2D eigenvalue weighted by Crippen LogP contribution is 2.04. The van der Waals surface area contributed by atoms with E-state index < -0.39 is 5.97 Å². The zero-order valence-electron chi connectivity index (χ0n) is 6.82. The van der Waals surface area contributed by atoms with Gasteiger partial charge in [0.1, 0.15) is 5.69 Å². The molecule has 0 fully saturated rings.